The standard InChI is InChI=1S/C15H22BrN3O/c1-15(2)7-4-9-19(10-8-15)12-6-3-5-11(16)13(12)14(17)18-20/h3,5-6,20H,4,7-10H2,1-2H3,(H2,17,18). The molecule has 2 rings (SSSR count). The molecular weight excluding hydrogens is 318 g/mol. The Hall–Kier alpha value is -1.23. The van der Waals surface area contributed by atoms with E-state index < -0.39 is 0 Å². The SMILES string of the molecule is CC1(C)CCCN(c2cccc(Br)c2/C(N)=N/O)CC1. The van der Waals surface area contributed by atoms with E-state index in [1.165, 1.54) is 6.42 Å². The minimum absolute atomic E-state index is 0.149. The van der Waals surface area contributed by atoms with Gasteiger partial charge in [0.2, 0.25) is 0 Å². The number of rotatable bonds is 2. The van der Waals surface area contributed by atoms with E-state index in [1.54, 1.807) is 0 Å². The van der Waals surface area contributed by atoms with Crippen molar-refractivity contribution in [2.24, 2.45) is 16.3 Å². The molecule has 0 atom stereocenters. The molecule has 3 N–H and O–H groups in total. The summed E-state index contributed by atoms with van der Waals surface area (Å²) in [4.78, 5) is 2.34. The Balaban J connectivity index is 2.35. The summed E-state index contributed by atoms with van der Waals surface area (Å²) >= 11 is 3.50. The summed E-state index contributed by atoms with van der Waals surface area (Å²) in [6.45, 7) is 6.64. The summed E-state index contributed by atoms with van der Waals surface area (Å²) in [5, 5.41) is 12.2. The zero-order chi connectivity index (χ0) is 14.8. The highest BCUT2D eigenvalue weighted by molar-refractivity contribution is 9.10. The lowest BCUT2D eigenvalue weighted by molar-refractivity contribution is 0.318. The molecule has 0 saturated carbocycles. The zero-order valence-corrected chi connectivity index (χ0v) is 13.7. The van der Waals surface area contributed by atoms with Gasteiger partial charge in [0.15, 0.2) is 5.84 Å². The molecule has 0 radical (unpaired) electrons. The quantitative estimate of drug-likeness (QED) is 0.375. The first-order valence-corrected chi connectivity index (χ1v) is 7.75. The first-order chi connectivity index (χ1) is 9.44. The van der Waals surface area contributed by atoms with E-state index in [1.807, 2.05) is 18.2 Å². The number of nitrogens with zero attached hydrogens (tertiary/aromatic N) is 2. The third-order valence-electron chi connectivity index (χ3n) is 4.04. The fraction of sp³-hybridized carbons (Fsp3) is 0.533. The monoisotopic (exact) mass is 339 g/mol. The lowest BCUT2D eigenvalue weighted by atomic mass is 9.85. The molecule has 0 aliphatic carbocycles. The average molecular weight is 340 g/mol. The molecule has 0 bridgehead atoms. The van der Waals surface area contributed by atoms with Crippen LogP contribution in [0.25, 0.3) is 0 Å². The van der Waals surface area contributed by atoms with Crippen molar-refractivity contribution < 1.29 is 5.21 Å². The maximum absolute atomic E-state index is 9.00. The van der Waals surface area contributed by atoms with Crippen LogP contribution in [0, 0.1) is 5.41 Å². The third-order valence-corrected chi connectivity index (χ3v) is 4.70. The lowest BCUT2D eigenvalue weighted by Gasteiger charge is -2.27. The van der Waals surface area contributed by atoms with E-state index in [2.05, 4.69) is 39.8 Å². The fourth-order valence-corrected chi connectivity index (χ4v) is 3.30. The molecule has 0 aromatic heterocycles. The van der Waals surface area contributed by atoms with Crippen LogP contribution in [0.3, 0.4) is 0 Å². The minimum Gasteiger partial charge on any atom is -0.409 e. The number of anilines is 1. The highest BCUT2D eigenvalue weighted by Gasteiger charge is 2.25. The molecule has 4 nitrogen and oxygen atoms in total. The van der Waals surface area contributed by atoms with Crippen molar-refractivity contribution in [1.29, 1.82) is 0 Å². The Morgan fingerprint density at radius 2 is 2.10 bits per heavy atom. The third kappa shape index (κ3) is 3.26. The number of oxime groups is 1. The second kappa shape index (κ2) is 6.04. The molecule has 0 amide bonds. The minimum atomic E-state index is 0.149. The highest BCUT2D eigenvalue weighted by atomic mass is 79.9. The molecule has 20 heavy (non-hydrogen) atoms. The van der Waals surface area contributed by atoms with Crippen LogP contribution in [0.1, 0.15) is 38.7 Å². The summed E-state index contributed by atoms with van der Waals surface area (Å²) in [7, 11) is 0. The highest BCUT2D eigenvalue weighted by Crippen LogP contribution is 2.34. The largest absolute Gasteiger partial charge is 0.409 e. The fourth-order valence-electron chi connectivity index (χ4n) is 2.74. The van der Waals surface area contributed by atoms with Crippen molar-refractivity contribution in [3.05, 3.63) is 28.2 Å². The topological polar surface area (TPSA) is 61.8 Å². The number of hydrogen-bond acceptors (Lipinski definition) is 3. The van der Waals surface area contributed by atoms with Gasteiger partial charge in [-0.3, -0.25) is 0 Å². The van der Waals surface area contributed by atoms with E-state index in [9.17, 15) is 0 Å². The molecule has 0 unspecified atom stereocenters. The van der Waals surface area contributed by atoms with E-state index in [-0.39, 0.29) is 5.84 Å². The Kier molecular flexibility index (Phi) is 4.58. The Labute approximate surface area is 128 Å². The van der Waals surface area contributed by atoms with Crippen LogP contribution in [0.4, 0.5) is 5.69 Å². The van der Waals surface area contributed by atoms with Crippen molar-refractivity contribution >= 4 is 27.5 Å². The van der Waals surface area contributed by atoms with Gasteiger partial charge in [-0.1, -0.05) is 25.1 Å². The summed E-state index contributed by atoms with van der Waals surface area (Å²) < 4.78 is 0.855. The van der Waals surface area contributed by atoms with Gasteiger partial charge in [-0.25, -0.2) is 0 Å². The van der Waals surface area contributed by atoms with Crippen LogP contribution in [-0.2, 0) is 0 Å². The second-order valence-electron chi connectivity index (χ2n) is 6.12. The van der Waals surface area contributed by atoms with Gasteiger partial charge in [0, 0.05) is 23.2 Å². The molecule has 1 aliphatic heterocycles. The van der Waals surface area contributed by atoms with E-state index >= 15 is 0 Å². The first-order valence-electron chi connectivity index (χ1n) is 6.96. The Morgan fingerprint density at radius 3 is 2.80 bits per heavy atom. The van der Waals surface area contributed by atoms with Gasteiger partial charge < -0.3 is 15.8 Å². The molecule has 5 heteroatoms. The van der Waals surface area contributed by atoms with Gasteiger partial charge in [-0.15, -0.1) is 0 Å². The molecule has 1 aliphatic rings. The molecule has 1 aromatic rings. The molecule has 1 fully saturated rings. The molecular formula is C15H22BrN3O. The van der Waals surface area contributed by atoms with Crippen molar-refractivity contribution in [2.75, 3.05) is 18.0 Å². The number of nitrogens with two attached hydrogens (primary N) is 1. The molecule has 1 heterocycles. The van der Waals surface area contributed by atoms with Crippen LogP contribution in [0.15, 0.2) is 27.8 Å². The second-order valence-corrected chi connectivity index (χ2v) is 6.98. The Morgan fingerprint density at radius 1 is 1.35 bits per heavy atom. The number of benzene rings is 1. The summed E-state index contributed by atoms with van der Waals surface area (Å²) in [6, 6.07) is 5.94. The van der Waals surface area contributed by atoms with Gasteiger partial charge in [-0.05, 0) is 52.7 Å². The normalized spacial score (nSPS) is 19.8. The summed E-state index contributed by atoms with van der Waals surface area (Å²) in [5.74, 6) is 0.149. The van der Waals surface area contributed by atoms with Gasteiger partial charge in [0.1, 0.15) is 0 Å². The van der Waals surface area contributed by atoms with E-state index in [4.69, 9.17) is 10.9 Å². The predicted octanol–water partition coefficient (Wildman–Crippen LogP) is 3.56. The van der Waals surface area contributed by atoms with Crippen LogP contribution in [0.2, 0.25) is 0 Å². The lowest BCUT2D eigenvalue weighted by Crippen LogP contribution is -2.28. The smallest absolute Gasteiger partial charge is 0.173 e. The van der Waals surface area contributed by atoms with Crippen LogP contribution in [-0.4, -0.2) is 24.1 Å². The molecule has 110 valence electrons. The van der Waals surface area contributed by atoms with Gasteiger partial charge in [0.25, 0.3) is 0 Å². The van der Waals surface area contributed by atoms with Crippen molar-refractivity contribution in [1.82, 2.24) is 0 Å². The van der Waals surface area contributed by atoms with Gasteiger partial charge >= 0.3 is 0 Å². The first kappa shape index (κ1) is 15.2. The van der Waals surface area contributed by atoms with Gasteiger partial charge in [-0.2, -0.15) is 0 Å². The Bertz CT molecular complexity index is 514. The predicted molar refractivity (Wildman–Crippen MR) is 86.5 cm³/mol. The number of halogens is 1. The van der Waals surface area contributed by atoms with Crippen LogP contribution in [0.5, 0.6) is 0 Å². The molecule has 0 spiro atoms. The van der Waals surface area contributed by atoms with Crippen molar-refractivity contribution in [3.8, 4) is 0 Å². The average Bonchev–Trinajstić information content (AvgIpc) is 2.58. The summed E-state index contributed by atoms with van der Waals surface area (Å²) in [6.07, 6.45) is 3.54. The maximum Gasteiger partial charge on any atom is 0.173 e. The molecule has 1 aromatic carbocycles. The van der Waals surface area contributed by atoms with Crippen molar-refractivity contribution in [3.63, 3.8) is 0 Å². The number of hydrogen-bond donors (Lipinski definition) is 2. The maximum atomic E-state index is 9.00. The molecule has 1 saturated heterocycles. The van der Waals surface area contributed by atoms with Crippen molar-refractivity contribution in [2.45, 2.75) is 33.1 Å². The zero-order valence-electron chi connectivity index (χ0n) is 12.1. The van der Waals surface area contributed by atoms with Crippen LogP contribution < -0.4 is 10.6 Å². The summed E-state index contributed by atoms with van der Waals surface area (Å²) in [5.41, 5.74) is 8.03. The van der Waals surface area contributed by atoms with Gasteiger partial charge in [0.05, 0.1) is 5.56 Å². The van der Waals surface area contributed by atoms with E-state index in [0.29, 0.717) is 5.41 Å². The number of amidine groups is 1. The van der Waals surface area contributed by atoms with E-state index in [0.717, 1.165) is 41.7 Å². The van der Waals surface area contributed by atoms with Crippen LogP contribution >= 0.6 is 15.9 Å².